The van der Waals surface area contributed by atoms with Gasteiger partial charge in [0, 0.05) is 29.9 Å². The van der Waals surface area contributed by atoms with Crippen LogP contribution in [-0.2, 0) is 6.54 Å². The molecule has 5 nitrogen and oxygen atoms in total. The predicted octanol–water partition coefficient (Wildman–Crippen LogP) is 4.01. The summed E-state index contributed by atoms with van der Waals surface area (Å²) >= 11 is 0. The summed E-state index contributed by atoms with van der Waals surface area (Å²) in [5.74, 6) is 1.62. The van der Waals surface area contributed by atoms with Crippen LogP contribution in [0.25, 0.3) is 22.3 Å². The van der Waals surface area contributed by atoms with E-state index in [2.05, 4.69) is 15.3 Å². The highest BCUT2D eigenvalue weighted by atomic mass is 16.3. The molecule has 122 valence electrons. The van der Waals surface area contributed by atoms with Crippen LogP contribution < -0.4 is 5.32 Å². The number of hydrogen-bond donors (Lipinski definition) is 2. The van der Waals surface area contributed by atoms with Gasteiger partial charge in [-0.15, -0.1) is 0 Å². The first kappa shape index (κ1) is 15.1. The van der Waals surface area contributed by atoms with Crippen molar-refractivity contribution in [2.24, 2.45) is 0 Å². The Labute approximate surface area is 145 Å². The van der Waals surface area contributed by atoms with E-state index in [1.807, 2.05) is 54.7 Å². The van der Waals surface area contributed by atoms with E-state index in [1.165, 1.54) is 0 Å². The summed E-state index contributed by atoms with van der Waals surface area (Å²) in [6, 6.07) is 18.7. The van der Waals surface area contributed by atoms with Crippen molar-refractivity contribution in [1.82, 2.24) is 15.0 Å². The lowest BCUT2D eigenvalue weighted by Crippen LogP contribution is -2.04. The molecule has 0 unspecified atom stereocenters. The fourth-order valence-corrected chi connectivity index (χ4v) is 2.64. The van der Waals surface area contributed by atoms with Crippen LogP contribution in [0.4, 0.5) is 5.82 Å². The van der Waals surface area contributed by atoms with E-state index in [4.69, 9.17) is 4.98 Å². The van der Waals surface area contributed by atoms with Crippen molar-refractivity contribution < 1.29 is 5.11 Å². The van der Waals surface area contributed by atoms with E-state index in [0.29, 0.717) is 12.4 Å². The second-order valence-electron chi connectivity index (χ2n) is 5.67. The van der Waals surface area contributed by atoms with E-state index in [1.54, 1.807) is 18.3 Å². The first-order valence-electron chi connectivity index (χ1n) is 7.98. The van der Waals surface area contributed by atoms with Crippen LogP contribution >= 0.6 is 0 Å². The van der Waals surface area contributed by atoms with Crippen LogP contribution in [0, 0.1) is 0 Å². The molecule has 0 aliphatic rings. The van der Waals surface area contributed by atoms with E-state index >= 15 is 0 Å². The maximum atomic E-state index is 9.48. The summed E-state index contributed by atoms with van der Waals surface area (Å²) in [7, 11) is 0. The summed E-state index contributed by atoms with van der Waals surface area (Å²) in [6.45, 7) is 0.629. The van der Waals surface area contributed by atoms with Gasteiger partial charge >= 0.3 is 0 Å². The van der Waals surface area contributed by atoms with Gasteiger partial charge in [0.15, 0.2) is 5.82 Å². The normalized spacial score (nSPS) is 10.7. The standard InChI is InChI=1S/C20H16N4O/c25-16-9-7-15(8-10-16)19-23-18-6-2-1-5-17(18)20(24-19)22-13-14-4-3-11-21-12-14/h1-12,25H,13H2,(H,22,23,24). The molecule has 0 saturated carbocycles. The number of phenolic OH excluding ortho intramolecular Hbond substituents is 1. The molecule has 0 bridgehead atoms. The Morgan fingerprint density at radius 1 is 0.880 bits per heavy atom. The monoisotopic (exact) mass is 328 g/mol. The smallest absolute Gasteiger partial charge is 0.162 e. The molecule has 5 heteroatoms. The lowest BCUT2D eigenvalue weighted by atomic mass is 10.1. The Kier molecular flexibility index (Phi) is 3.96. The number of aromatic nitrogens is 3. The number of nitrogens with zero attached hydrogens (tertiary/aromatic N) is 3. The summed E-state index contributed by atoms with van der Waals surface area (Å²) in [4.78, 5) is 13.5. The quantitative estimate of drug-likeness (QED) is 0.592. The number of benzene rings is 2. The Bertz CT molecular complexity index is 1000. The summed E-state index contributed by atoms with van der Waals surface area (Å²) in [5.41, 5.74) is 2.80. The van der Waals surface area contributed by atoms with Crippen LogP contribution in [0.15, 0.2) is 73.1 Å². The predicted molar refractivity (Wildman–Crippen MR) is 98.2 cm³/mol. The average molecular weight is 328 g/mol. The third-order valence-electron chi connectivity index (χ3n) is 3.91. The molecule has 25 heavy (non-hydrogen) atoms. The number of hydrogen-bond acceptors (Lipinski definition) is 5. The average Bonchev–Trinajstić information content (AvgIpc) is 2.67. The number of phenols is 1. The van der Waals surface area contributed by atoms with Gasteiger partial charge in [0.05, 0.1) is 5.52 Å². The lowest BCUT2D eigenvalue weighted by molar-refractivity contribution is 0.475. The first-order chi connectivity index (χ1) is 12.3. The summed E-state index contributed by atoms with van der Waals surface area (Å²) in [5, 5.41) is 13.8. The second kappa shape index (κ2) is 6.57. The molecule has 0 amide bonds. The van der Waals surface area contributed by atoms with Gasteiger partial charge < -0.3 is 10.4 Å². The fourth-order valence-electron chi connectivity index (χ4n) is 2.64. The zero-order chi connectivity index (χ0) is 17.1. The van der Waals surface area contributed by atoms with Crippen molar-refractivity contribution in [3.8, 4) is 17.1 Å². The third kappa shape index (κ3) is 3.26. The van der Waals surface area contributed by atoms with Gasteiger partial charge in [0.1, 0.15) is 11.6 Å². The van der Waals surface area contributed by atoms with Gasteiger partial charge in [-0.2, -0.15) is 0 Å². The Hall–Kier alpha value is -3.47. The van der Waals surface area contributed by atoms with Gasteiger partial charge in [-0.3, -0.25) is 4.98 Å². The SMILES string of the molecule is Oc1ccc(-c2nc(NCc3cccnc3)c3ccccc3n2)cc1. The van der Waals surface area contributed by atoms with Gasteiger partial charge in [-0.05, 0) is 48.0 Å². The number of nitrogens with one attached hydrogen (secondary N) is 1. The van der Waals surface area contributed by atoms with E-state index in [0.717, 1.165) is 27.8 Å². The lowest BCUT2D eigenvalue weighted by Gasteiger charge is -2.11. The molecule has 0 atom stereocenters. The first-order valence-corrected chi connectivity index (χ1v) is 7.98. The maximum Gasteiger partial charge on any atom is 0.162 e. The van der Waals surface area contributed by atoms with E-state index in [-0.39, 0.29) is 5.75 Å². The van der Waals surface area contributed by atoms with Gasteiger partial charge in [0.25, 0.3) is 0 Å². The molecule has 2 heterocycles. The fraction of sp³-hybridized carbons (Fsp3) is 0.0500. The molecule has 0 aliphatic heterocycles. The van der Waals surface area contributed by atoms with Crippen molar-refractivity contribution in [1.29, 1.82) is 0 Å². The van der Waals surface area contributed by atoms with Crippen molar-refractivity contribution in [2.45, 2.75) is 6.54 Å². The van der Waals surface area contributed by atoms with Crippen LogP contribution in [0.1, 0.15) is 5.56 Å². The van der Waals surface area contributed by atoms with E-state index in [9.17, 15) is 5.11 Å². The molecular formula is C20H16N4O. The minimum Gasteiger partial charge on any atom is -0.508 e. The molecule has 2 aromatic heterocycles. The van der Waals surface area contributed by atoms with Gasteiger partial charge in [-0.25, -0.2) is 9.97 Å². The highest BCUT2D eigenvalue weighted by Crippen LogP contribution is 2.26. The van der Waals surface area contributed by atoms with Crippen LogP contribution in [0.3, 0.4) is 0 Å². The zero-order valence-corrected chi connectivity index (χ0v) is 13.4. The molecule has 4 aromatic rings. The summed E-state index contributed by atoms with van der Waals surface area (Å²) < 4.78 is 0. The zero-order valence-electron chi connectivity index (χ0n) is 13.4. The van der Waals surface area contributed by atoms with Crippen molar-refractivity contribution in [3.63, 3.8) is 0 Å². The van der Waals surface area contributed by atoms with Crippen molar-refractivity contribution in [2.75, 3.05) is 5.32 Å². The van der Waals surface area contributed by atoms with Crippen LogP contribution in [-0.4, -0.2) is 20.1 Å². The Morgan fingerprint density at radius 3 is 2.52 bits per heavy atom. The molecule has 0 fully saturated rings. The topological polar surface area (TPSA) is 70.9 Å². The molecule has 0 spiro atoms. The molecular weight excluding hydrogens is 312 g/mol. The van der Waals surface area contributed by atoms with Crippen molar-refractivity contribution in [3.05, 3.63) is 78.6 Å². The van der Waals surface area contributed by atoms with Crippen LogP contribution in [0.2, 0.25) is 0 Å². The molecule has 0 aliphatic carbocycles. The number of rotatable bonds is 4. The Morgan fingerprint density at radius 2 is 1.72 bits per heavy atom. The molecule has 0 saturated heterocycles. The largest absolute Gasteiger partial charge is 0.508 e. The summed E-state index contributed by atoms with van der Waals surface area (Å²) in [6.07, 6.45) is 3.59. The maximum absolute atomic E-state index is 9.48. The molecule has 2 N–H and O–H groups in total. The highest BCUT2D eigenvalue weighted by molar-refractivity contribution is 5.90. The Balaban J connectivity index is 1.74. The van der Waals surface area contributed by atoms with Gasteiger partial charge in [-0.1, -0.05) is 18.2 Å². The third-order valence-corrected chi connectivity index (χ3v) is 3.91. The minimum atomic E-state index is 0.222. The van der Waals surface area contributed by atoms with Crippen LogP contribution in [0.5, 0.6) is 5.75 Å². The second-order valence-corrected chi connectivity index (χ2v) is 5.67. The van der Waals surface area contributed by atoms with Crippen molar-refractivity contribution >= 4 is 16.7 Å². The number of para-hydroxylation sites is 1. The highest BCUT2D eigenvalue weighted by Gasteiger charge is 2.09. The molecule has 0 radical (unpaired) electrons. The number of aromatic hydroxyl groups is 1. The number of anilines is 1. The van der Waals surface area contributed by atoms with E-state index < -0.39 is 0 Å². The number of fused-ring (bicyclic) bond motifs is 1. The minimum absolute atomic E-state index is 0.222. The van der Waals surface area contributed by atoms with Gasteiger partial charge in [0.2, 0.25) is 0 Å². The molecule has 4 rings (SSSR count). The number of pyridine rings is 1. The molecule has 2 aromatic carbocycles.